The minimum absolute atomic E-state index is 0.322. The summed E-state index contributed by atoms with van der Waals surface area (Å²) >= 11 is 0. The highest BCUT2D eigenvalue weighted by molar-refractivity contribution is 5.76. The van der Waals surface area contributed by atoms with E-state index < -0.39 is 5.92 Å². The highest BCUT2D eigenvalue weighted by atomic mass is 16.5. The number of nitrogens with zero attached hydrogens (tertiary/aromatic N) is 5. The van der Waals surface area contributed by atoms with Gasteiger partial charge in [-0.25, -0.2) is 4.98 Å². The molecule has 0 spiro atoms. The molecule has 2 heterocycles. The molecule has 0 fully saturated rings. The van der Waals surface area contributed by atoms with Crippen molar-refractivity contribution in [1.82, 2.24) is 14.1 Å². The third-order valence-corrected chi connectivity index (χ3v) is 7.09. The highest BCUT2D eigenvalue weighted by Crippen LogP contribution is 2.40. The Balaban J connectivity index is 1.77. The molecule has 0 N–H and O–H groups in total. The van der Waals surface area contributed by atoms with Crippen LogP contribution in [-0.4, -0.2) is 21.2 Å². The average Bonchev–Trinajstić information content (AvgIpc) is 3.69. The van der Waals surface area contributed by atoms with Crippen molar-refractivity contribution < 1.29 is 9.47 Å². The minimum atomic E-state index is -0.649. The molecule has 0 saturated heterocycles. The molecule has 2 aromatic heterocycles. The Labute approximate surface area is 251 Å². The summed E-state index contributed by atoms with van der Waals surface area (Å²) < 4.78 is 15.8. The first-order chi connectivity index (χ1) is 21.1. The molecule has 0 radical (unpaired) electrons. The Bertz CT molecular complexity index is 1870. The van der Waals surface area contributed by atoms with E-state index in [-0.39, 0.29) is 0 Å². The van der Waals surface area contributed by atoms with Crippen molar-refractivity contribution in [3.63, 3.8) is 0 Å². The molecule has 210 valence electrons. The first kappa shape index (κ1) is 28.5. The van der Waals surface area contributed by atoms with Gasteiger partial charge in [0.15, 0.2) is 0 Å². The molecule has 5 rings (SSSR count). The summed E-state index contributed by atoms with van der Waals surface area (Å²) in [6.45, 7) is 4.11. The number of methoxy groups -OCH3 is 1. The zero-order valence-electron chi connectivity index (χ0n) is 23.9. The number of nitriles is 2. The Morgan fingerprint density at radius 1 is 0.907 bits per heavy atom. The fraction of sp³-hybridized carbons (Fsp3) is 0.0833. The van der Waals surface area contributed by atoms with Crippen LogP contribution in [0.25, 0.3) is 29.0 Å². The number of ether oxygens (including phenoxy) is 2. The average molecular weight is 564 g/mol. The quantitative estimate of drug-likeness (QED) is 0.129. The standard InChI is InChI=1S/C36H29N5O2/c1-4-41-31(26-15-17-29(42-3)18-16-26)19-20-32(41)34(36-39-23-24-40(36)2)30(25-38)35(28-13-9-6-10-14-28)43-33(21-22-37)27-11-7-5-8-12-27/h4-21,23-24,34H,1H2,2-3H3/b33-21-,35-30+. The second-order valence-electron chi connectivity index (χ2n) is 9.58. The van der Waals surface area contributed by atoms with E-state index in [1.165, 1.54) is 6.08 Å². The molecule has 1 unspecified atom stereocenters. The van der Waals surface area contributed by atoms with Crippen LogP contribution in [0.15, 0.2) is 128 Å². The van der Waals surface area contributed by atoms with E-state index in [0.717, 1.165) is 22.7 Å². The number of imidazole rings is 1. The van der Waals surface area contributed by atoms with E-state index in [9.17, 15) is 10.5 Å². The second kappa shape index (κ2) is 13.1. The number of hydrogen-bond acceptors (Lipinski definition) is 5. The van der Waals surface area contributed by atoms with Gasteiger partial charge in [-0.15, -0.1) is 0 Å². The van der Waals surface area contributed by atoms with Crippen LogP contribution in [0, 0.1) is 22.7 Å². The summed E-state index contributed by atoms with van der Waals surface area (Å²) in [5, 5.41) is 20.5. The molecule has 7 nitrogen and oxygen atoms in total. The second-order valence-corrected chi connectivity index (χ2v) is 9.58. The van der Waals surface area contributed by atoms with Crippen LogP contribution in [0.1, 0.15) is 28.6 Å². The van der Waals surface area contributed by atoms with Gasteiger partial charge in [0, 0.05) is 42.5 Å². The van der Waals surface area contributed by atoms with E-state index in [1.54, 1.807) is 19.5 Å². The fourth-order valence-electron chi connectivity index (χ4n) is 5.01. The van der Waals surface area contributed by atoms with Crippen LogP contribution in [-0.2, 0) is 11.8 Å². The van der Waals surface area contributed by atoms with E-state index >= 15 is 0 Å². The number of aryl methyl sites for hydroxylation is 1. The van der Waals surface area contributed by atoms with Gasteiger partial charge in [0.1, 0.15) is 23.1 Å². The molecule has 43 heavy (non-hydrogen) atoms. The Morgan fingerprint density at radius 2 is 1.58 bits per heavy atom. The topological polar surface area (TPSA) is 88.8 Å². The van der Waals surface area contributed by atoms with Crippen LogP contribution in [0.4, 0.5) is 0 Å². The van der Waals surface area contributed by atoms with Crippen LogP contribution in [0.2, 0.25) is 0 Å². The molecule has 0 amide bonds. The number of aromatic nitrogens is 3. The predicted octanol–water partition coefficient (Wildman–Crippen LogP) is 7.65. The maximum Gasteiger partial charge on any atom is 0.149 e. The minimum Gasteiger partial charge on any atom is -0.497 e. The smallest absolute Gasteiger partial charge is 0.149 e. The molecule has 0 aliphatic heterocycles. The summed E-state index contributed by atoms with van der Waals surface area (Å²) in [7, 11) is 3.53. The predicted molar refractivity (Wildman–Crippen MR) is 168 cm³/mol. The van der Waals surface area contributed by atoms with Crippen molar-refractivity contribution in [3.8, 4) is 29.1 Å². The number of allylic oxidation sites excluding steroid dienone is 2. The summed E-state index contributed by atoms with van der Waals surface area (Å²) in [5.74, 6) is 1.40. The van der Waals surface area contributed by atoms with E-state index in [1.807, 2.05) is 119 Å². The lowest BCUT2D eigenvalue weighted by molar-refractivity contribution is 0.415. The van der Waals surface area contributed by atoms with Gasteiger partial charge in [0.2, 0.25) is 0 Å². The molecule has 1 atom stereocenters. The zero-order chi connectivity index (χ0) is 30.2. The van der Waals surface area contributed by atoms with Gasteiger partial charge in [0.25, 0.3) is 0 Å². The van der Waals surface area contributed by atoms with Gasteiger partial charge in [-0.1, -0.05) is 67.2 Å². The van der Waals surface area contributed by atoms with Crippen molar-refractivity contribution in [2.75, 3.05) is 7.11 Å². The molecule has 0 aliphatic carbocycles. The Morgan fingerprint density at radius 3 is 2.14 bits per heavy atom. The van der Waals surface area contributed by atoms with Gasteiger partial charge in [0.05, 0.1) is 42.5 Å². The summed E-state index contributed by atoms with van der Waals surface area (Å²) in [6.07, 6.45) is 6.62. The third-order valence-electron chi connectivity index (χ3n) is 7.09. The van der Waals surface area contributed by atoms with Gasteiger partial charge in [-0.2, -0.15) is 10.5 Å². The normalized spacial score (nSPS) is 12.4. The molecule has 7 heteroatoms. The van der Waals surface area contributed by atoms with Crippen molar-refractivity contribution in [1.29, 1.82) is 10.5 Å². The fourth-order valence-corrected chi connectivity index (χ4v) is 5.01. The van der Waals surface area contributed by atoms with Gasteiger partial charge >= 0.3 is 0 Å². The molecular formula is C36H29N5O2. The zero-order valence-corrected chi connectivity index (χ0v) is 23.9. The maximum atomic E-state index is 10.9. The molecule has 0 aliphatic rings. The Kier molecular flexibility index (Phi) is 8.66. The molecule has 0 bridgehead atoms. The lowest BCUT2D eigenvalue weighted by Gasteiger charge is -2.22. The largest absolute Gasteiger partial charge is 0.497 e. The lowest BCUT2D eigenvalue weighted by atomic mass is 9.92. The van der Waals surface area contributed by atoms with Crippen molar-refractivity contribution >= 4 is 17.7 Å². The monoisotopic (exact) mass is 563 g/mol. The van der Waals surface area contributed by atoms with Gasteiger partial charge in [-0.05, 0) is 42.0 Å². The van der Waals surface area contributed by atoms with E-state index in [2.05, 4.69) is 23.7 Å². The van der Waals surface area contributed by atoms with Gasteiger partial charge < -0.3 is 18.6 Å². The molecule has 3 aromatic carbocycles. The summed E-state index contributed by atoms with van der Waals surface area (Å²) in [5.41, 5.74) is 4.33. The first-order valence-corrected chi connectivity index (χ1v) is 13.6. The number of benzene rings is 3. The molecular weight excluding hydrogens is 534 g/mol. The maximum absolute atomic E-state index is 10.9. The summed E-state index contributed by atoms with van der Waals surface area (Å²) in [4.78, 5) is 4.68. The van der Waals surface area contributed by atoms with Crippen LogP contribution in [0.5, 0.6) is 5.75 Å². The third kappa shape index (κ3) is 5.88. The van der Waals surface area contributed by atoms with Crippen molar-refractivity contribution in [2.24, 2.45) is 7.05 Å². The lowest BCUT2D eigenvalue weighted by Crippen LogP contribution is -2.15. The van der Waals surface area contributed by atoms with Crippen molar-refractivity contribution in [2.45, 2.75) is 5.92 Å². The molecule has 0 saturated carbocycles. The SMILES string of the molecule is C=Cn1c(-c2ccc(OC)cc2)ccc1C(/C(C#N)=C(/O/C(=C\C#N)c1ccccc1)c1ccccc1)c1nccn1C. The number of rotatable bonds is 10. The van der Waals surface area contributed by atoms with E-state index in [0.29, 0.717) is 34.0 Å². The van der Waals surface area contributed by atoms with Crippen molar-refractivity contribution in [3.05, 3.63) is 150 Å². The van der Waals surface area contributed by atoms with Crippen LogP contribution < -0.4 is 4.74 Å². The molecule has 5 aromatic rings. The van der Waals surface area contributed by atoms with E-state index in [4.69, 9.17) is 9.47 Å². The first-order valence-electron chi connectivity index (χ1n) is 13.6. The highest BCUT2D eigenvalue weighted by Gasteiger charge is 2.31. The van der Waals surface area contributed by atoms with Crippen LogP contribution in [0.3, 0.4) is 0 Å². The Hall–Kier alpha value is -6.05. The van der Waals surface area contributed by atoms with Gasteiger partial charge in [-0.3, -0.25) is 0 Å². The van der Waals surface area contributed by atoms with Crippen LogP contribution >= 0.6 is 0 Å². The number of hydrogen-bond donors (Lipinski definition) is 0. The summed E-state index contributed by atoms with van der Waals surface area (Å²) in [6, 6.07) is 35.1.